The van der Waals surface area contributed by atoms with E-state index in [0.29, 0.717) is 17.1 Å². The number of anilines is 3. The third-order valence-electron chi connectivity index (χ3n) is 4.45. The molecular formula is C20H22ClN3O2. The number of nitrogens with one attached hydrogen (secondary N) is 2. The first kappa shape index (κ1) is 18.3. The number of rotatable bonds is 5. The lowest BCUT2D eigenvalue weighted by Gasteiger charge is -2.20. The van der Waals surface area contributed by atoms with Crippen LogP contribution in [-0.2, 0) is 9.59 Å². The molecule has 0 radical (unpaired) electrons. The van der Waals surface area contributed by atoms with Crippen LogP contribution in [0.1, 0.15) is 25.3 Å². The SMILES string of the molecule is Cc1cc(N[C@H](C)C(=O)Nc2ccc(Cl)cc2)ccc1N1CCCC1=O. The van der Waals surface area contributed by atoms with Gasteiger partial charge in [0, 0.05) is 35.1 Å². The maximum absolute atomic E-state index is 12.3. The second kappa shape index (κ2) is 7.79. The zero-order valence-electron chi connectivity index (χ0n) is 14.9. The van der Waals surface area contributed by atoms with E-state index in [1.807, 2.05) is 30.0 Å². The fourth-order valence-electron chi connectivity index (χ4n) is 3.05. The summed E-state index contributed by atoms with van der Waals surface area (Å²) in [5.74, 6) is 0.0355. The third kappa shape index (κ3) is 4.17. The van der Waals surface area contributed by atoms with Gasteiger partial charge >= 0.3 is 0 Å². The third-order valence-corrected chi connectivity index (χ3v) is 4.70. The highest BCUT2D eigenvalue weighted by molar-refractivity contribution is 6.30. The van der Waals surface area contributed by atoms with E-state index in [2.05, 4.69) is 10.6 Å². The fourth-order valence-corrected chi connectivity index (χ4v) is 3.18. The van der Waals surface area contributed by atoms with E-state index in [4.69, 9.17) is 11.6 Å². The first-order valence-corrected chi connectivity index (χ1v) is 9.06. The first-order chi connectivity index (χ1) is 12.4. The zero-order valence-corrected chi connectivity index (χ0v) is 15.6. The van der Waals surface area contributed by atoms with Crippen LogP contribution in [0.3, 0.4) is 0 Å². The molecule has 0 spiro atoms. The van der Waals surface area contributed by atoms with Gasteiger partial charge in [-0.15, -0.1) is 0 Å². The van der Waals surface area contributed by atoms with Crippen LogP contribution in [0.25, 0.3) is 0 Å². The number of benzene rings is 2. The van der Waals surface area contributed by atoms with Crippen molar-refractivity contribution in [2.24, 2.45) is 0 Å². The molecule has 3 rings (SSSR count). The van der Waals surface area contributed by atoms with Gasteiger partial charge in [0.1, 0.15) is 6.04 Å². The largest absolute Gasteiger partial charge is 0.374 e. The Labute approximate surface area is 158 Å². The summed E-state index contributed by atoms with van der Waals surface area (Å²) in [6.45, 7) is 4.55. The molecule has 5 nitrogen and oxygen atoms in total. The van der Waals surface area contributed by atoms with E-state index in [0.717, 1.165) is 29.9 Å². The Morgan fingerprint density at radius 1 is 1.15 bits per heavy atom. The molecule has 2 amide bonds. The topological polar surface area (TPSA) is 61.4 Å². The summed E-state index contributed by atoms with van der Waals surface area (Å²) < 4.78 is 0. The van der Waals surface area contributed by atoms with Crippen molar-refractivity contribution in [3.63, 3.8) is 0 Å². The van der Waals surface area contributed by atoms with E-state index in [-0.39, 0.29) is 11.8 Å². The Morgan fingerprint density at radius 3 is 2.46 bits per heavy atom. The van der Waals surface area contributed by atoms with Gasteiger partial charge in [0.15, 0.2) is 0 Å². The molecule has 1 aliphatic rings. The Hall–Kier alpha value is -2.53. The van der Waals surface area contributed by atoms with E-state index >= 15 is 0 Å². The molecule has 1 aliphatic heterocycles. The monoisotopic (exact) mass is 371 g/mol. The van der Waals surface area contributed by atoms with Crippen LogP contribution in [-0.4, -0.2) is 24.4 Å². The number of carbonyl (C=O) groups excluding carboxylic acids is 2. The summed E-state index contributed by atoms with van der Waals surface area (Å²) in [6, 6.07) is 12.4. The van der Waals surface area contributed by atoms with Crippen LogP contribution in [0, 0.1) is 6.92 Å². The molecule has 1 saturated heterocycles. The number of amides is 2. The number of halogens is 1. The quantitative estimate of drug-likeness (QED) is 0.827. The van der Waals surface area contributed by atoms with E-state index in [1.54, 1.807) is 31.2 Å². The minimum Gasteiger partial charge on any atom is -0.374 e. The summed E-state index contributed by atoms with van der Waals surface area (Å²) in [7, 11) is 0. The highest BCUT2D eigenvalue weighted by Gasteiger charge is 2.23. The Morgan fingerprint density at radius 2 is 1.85 bits per heavy atom. The van der Waals surface area contributed by atoms with Gasteiger partial charge in [-0.25, -0.2) is 0 Å². The number of carbonyl (C=O) groups is 2. The lowest BCUT2D eigenvalue weighted by atomic mass is 10.1. The number of hydrogen-bond donors (Lipinski definition) is 2. The molecule has 0 aliphatic carbocycles. The van der Waals surface area contributed by atoms with Crippen molar-refractivity contribution >= 4 is 40.5 Å². The maximum Gasteiger partial charge on any atom is 0.246 e. The highest BCUT2D eigenvalue weighted by atomic mass is 35.5. The van der Waals surface area contributed by atoms with Crippen molar-refractivity contribution < 1.29 is 9.59 Å². The Balaban J connectivity index is 1.64. The van der Waals surface area contributed by atoms with E-state index < -0.39 is 6.04 Å². The van der Waals surface area contributed by atoms with Crippen molar-refractivity contribution in [3.8, 4) is 0 Å². The average Bonchev–Trinajstić information content (AvgIpc) is 3.03. The molecule has 2 aromatic rings. The van der Waals surface area contributed by atoms with Gasteiger partial charge in [-0.05, 0) is 68.3 Å². The van der Waals surface area contributed by atoms with Crippen LogP contribution >= 0.6 is 11.6 Å². The summed E-state index contributed by atoms with van der Waals surface area (Å²) >= 11 is 5.85. The number of nitrogens with zero attached hydrogens (tertiary/aromatic N) is 1. The predicted molar refractivity (Wildman–Crippen MR) is 106 cm³/mol. The molecule has 6 heteroatoms. The molecule has 1 atom stereocenters. The van der Waals surface area contributed by atoms with Crippen molar-refractivity contribution in [1.82, 2.24) is 0 Å². The van der Waals surface area contributed by atoms with E-state index in [1.165, 1.54) is 0 Å². The Kier molecular flexibility index (Phi) is 5.47. The van der Waals surface area contributed by atoms with E-state index in [9.17, 15) is 9.59 Å². The molecular weight excluding hydrogens is 350 g/mol. The molecule has 1 fully saturated rings. The van der Waals surface area contributed by atoms with Crippen LogP contribution in [0.5, 0.6) is 0 Å². The molecule has 0 unspecified atom stereocenters. The number of aryl methyl sites for hydroxylation is 1. The van der Waals surface area contributed by atoms with Crippen LogP contribution in [0.2, 0.25) is 5.02 Å². The van der Waals surface area contributed by atoms with Gasteiger partial charge in [0.05, 0.1) is 0 Å². The second-order valence-corrected chi connectivity index (χ2v) is 6.95. The number of hydrogen-bond acceptors (Lipinski definition) is 3. The van der Waals surface area contributed by atoms with Crippen molar-refractivity contribution in [3.05, 3.63) is 53.1 Å². The second-order valence-electron chi connectivity index (χ2n) is 6.51. The zero-order chi connectivity index (χ0) is 18.7. The van der Waals surface area contributed by atoms with Gasteiger partial charge in [0.25, 0.3) is 0 Å². The van der Waals surface area contributed by atoms with Gasteiger partial charge in [-0.1, -0.05) is 11.6 Å². The first-order valence-electron chi connectivity index (χ1n) is 8.68. The smallest absolute Gasteiger partial charge is 0.246 e. The Bertz CT molecular complexity index is 820. The summed E-state index contributed by atoms with van der Waals surface area (Å²) in [4.78, 5) is 26.1. The minimum atomic E-state index is -0.413. The normalized spacial score (nSPS) is 15.0. The summed E-state index contributed by atoms with van der Waals surface area (Å²) in [6.07, 6.45) is 1.52. The average molecular weight is 372 g/mol. The predicted octanol–water partition coefficient (Wildman–Crippen LogP) is 4.21. The fraction of sp³-hybridized carbons (Fsp3) is 0.300. The standard InChI is InChI=1S/C20H22ClN3O2/c1-13-12-17(9-10-18(13)24-11-3-4-19(24)25)22-14(2)20(26)23-16-7-5-15(21)6-8-16/h5-10,12,14,22H,3-4,11H2,1-2H3,(H,23,26)/t14-/m1/s1. The van der Waals surface area contributed by atoms with Gasteiger partial charge in [-0.2, -0.15) is 0 Å². The molecule has 2 aromatic carbocycles. The van der Waals surface area contributed by atoms with Crippen molar-refractivity contribution in [2.75, 3.05) is 22.1 Å². The van der Waals surface area contributed by atoms with Crippen LogP contribution in [0.4, 0.5) is 17.1 Å². The van der Waals surface area contributed by atoms with Gasteiger partial charge < -0.3 is 15.5 Å². The molecule has 26 heavy (non-hydrogen) atoms. The van der Waals surface area contributed by atoms with Gasteiger partial charge in [0.2, 0.25) is 11.8 Å². The minimum absolute atomic E-state index is 0.135. The van der Waals surface area contributed by atoms with Crippen LogP contribution in [0.15, 0.2) is 42.5 Å². The molecule has 2 N–H and O–H groups in total. The molecule has 136 valence electrons. The van der Waals surface area contributed by atoms with Crippen LogP contribution < -0.4 is 15.5 Å². The molecule has 0 bridgehead atoms. The highest BCUT2D eigenvalue weighted by Crippen LogP contribution is 2.27. The lowest BCUT2D eigenvalue weighted by Crippen LogP contribution is -2.32. The van der Waals surface area contributed by atoms with Crippen molar-refractivity contribution in [2.45, 2.75) is 32.7 Å². The molecule has 0 saturated carbocycles. The summed E-state index contributed by atoms with van der Waals surface area (Å²) in [5.41, 5.74) is 3.50. The lowest BCUT2D eigenvalue weighted by molar-refractivity contribution is -0.117. The molecule has 1 heterocycles. The van der Waals surface area contributed by atoms with Gasteiger partial charge in [-0.3, -0.25) is 9.59 Å². The van der Waals surface area contributed by atoms with Crippen molar-refractivity contribution in [1.29, 1.82) is 0 Å². The maximum atomic E-state index is 12.3. The molecule has 0 aromatic heterocycles. The summed E-state index contributed by atoms with van der Waals surface area (Å²) in [5, 5.41) is 6.68.